The summed E-state index contributed by atoms with van der Waals surface area (Å²) in [6.45, 7) is 5.92. The zero-order chi connectivity index (χ0) is 41.9. The molecule has 6 rings (SSSR count). The smallest absolute Gasteiger partial charge is 0.411 e. The van der Waals surface area contributed by atoms with Crippen molar-refractivity contribution in [2.45, 2.75) is 120 Å². The van der Waals surface area contributed by atoms with Gasteiger partial charge in [0.05, 0.1) is 35.6 Å². The topological polar surface area (TPSA) is 197 Å². The standard InChI is InChI=1S/C38H49F3N6O9S/c1-21-9-7-8-10-23-18-37(23,33(50)45-57(53,54)36(5)13-14-36)44-31(48)28-17-25(56-24-11-12-26-27(16-24)43-29(55-6)19-42-26)20-46(28)32(49)30(22(2)15-21)47(34(51)52)35(3,4)38(39,40)41/h8,10-12,16,19,21-23,25,28,30H,7,9,13-15,17-18,20H2,1-6H3,(H,44,48)(H,45,50)(H,51,52)/b10-8-/t21-,22-,23-,25-,28+,30+,37-/m1/s1. The first kappa shape index (κ1) is 41.9. The molecular weight excluding hydrogens is 774 g/mol. The lowest BCUT2D eigenvalue weighted by Crippen LogP contribution is -2.66. The first-order valence-corrected chi connectivity index (χ1v) is 20.4. The summed E-state index contributed by atoms with van der Waals surface area (Å²) in [7, 11) is -2.69. The van der Waals surface area contributed by atoms with E-state index in [-0.39, 0.29) is 48.3 Å². The number of alkyl halides is 3. The Bertz CT molecular complexity index is 2080. The number of carbonyl (C=O) groups is 4. The number of methoxy groups -OCH3 is 1. The first-order chi connectivity index (χ1) is 26.5. The number of sulfonamides is 1. The van der Waals surface area contributed by atoms with Crippen LogP contribution in [0.5, 0.6) is 11.6 Å². The van der Waals surface area contributed by atoms with Crippen LogP contribution in [0.15, 0.2) is 36.5 Å². The molecule has 0 radical (unpaired) electrons. The molecule has 0 bridgehead atoms. The van der Waals surface area contributed by atoms with E-state index in [0.29, 0.717) is 50.6 Å². The predicted octanol–water partition coefficient (Wildman–Crippen LogP) is 4.56. The van der Waals surface area contributed by atoms with E-state index < -0.39 is 85.9 Å². The predicted molar refractivity (Wildman–Crippen MR) is 199 cm³/mol. The highest BCUT2D eigenvalue weighted by molar-refractivity contribution is 7.91. The van der Waals surface area contributed by atoms with Gasteiger partial charge in [0, 0.05) is 18.4 Å². The van der Waals surface area contributed by atoms with E-state index in [1.165, 1.54) is 27.2 Å². The van der Waals surface area contributed by atoms with Gasteiger partial charge in [-0.1, -0.05) is 26.0 Å². The van der Waals surface area contributed by atoms with Crippen molar-refractivity contribution in [3.05, 3.63) is 36.5 Å². The molecule has 57 heavy (non-hydrogen) atoms. The quantitative estimate of drug-likeness (QED) is 0.316. The molecule has 1 saturated heterocycles. The van der Waals surface area contributed by atoms with E-state index in [2.05, 4.69) is 20.0 Å². The van der Waals surface area contributed by atoms with Gasteiger partial charge >= 0.3 is 12.3 Å². The molecule has 3 fully saturated rings. The van der Waals surface area contributed by atoms with Crippen LogP contribution in [0.25, 0.3) is 11.0 Å². The number of amides is 4. The summed E-state index contributed by atoms with van der Waals surface area (Å²) in [5.74, 6) is -4.10. The maximum absolute atomic E-state index is 14.9. The fourth-order valence-electron chi connectivity index (χ4n) is 7.92. The van der Waals surface area contributed by atoms with Gasteiger partial charge in [-0.2, -0.15) is 13.2 Å². The van der Waals surface area contributed by atoms with Crippen LogP contribution in [0.2, 0.25) is 0 Å². The molecule has 2 aliphatic carbocycles. The van der Waals surface area contributed by atoms with Crippen molar-refractivity contribution in [2.75, 3.05) is 13.7 Å². The summed E-state index contributed by atoms with van der Waals surface area (Å²) >= 11 is 0. The molecule has 15 nitrogen and oxygen atoms in total. The Morgan fingerprint density at radius 2 is 1.82 bits per heavy atom. The fourth-order valence-corrected chi connectivity index (χ4v) is 9.23. The van der Waals surface area contributed by atoms with Crippen molar-refractivity contribution < 1.29 is 55.3 Å². The van der Waals surface area contributed by atoms with E-state index >= 15 is 0 Å². The Balaban J connectivity index is 1.40. The van der Waals surface area contributed by atoms with Gasteiger partial charge in [0.25, 0.3) is 5.91 Å². The SMILES string of the molecule is COc1cnc2ccc(O[C@@H]3C[C@H]4C(=O)N[C@]5(C(=O)NS(=O)(=O)C6(C)CC6)C[C@H]5/C=C\CC[C@@H](C)C[C@@H](C)[C@H](N(C(=O)O)C(C)(C)C(F)(F)F)C(=O)N4C3)cc2n1. The third-order valence-corrected chi connectivity index (χ3v) is 14.1. The van der Waals surface area contributed by atoms with Crippen molar-refractivity contribution in [3.63, 3.8) is 0 Å². The number of nitrogens with one attached hydrogen (secondary N) is 2. The molecule has 312 valence electrons. The number of nitrogens with zero attached hydrogens (tertiary/aromatic N) is 4. The van der Waals surface area contributed by atoms with Crippen LogP contribution in [0.3, 0.4) is 0 Å². The number of hydrogen-bond acceptors (Lipinski definition) is 10. The molecule has 4 amide bonds. The summed E-state index contributed by atoms with van der Waals surface area (Å²) in [4.78, 5) is 66.0. The van der Waals surface area contributed by atoms with Crippen LogP contribution < -0.4 is 19.5 Å². The van der Waals surface area contributed by atoms with E-state index in [1.807, 2.05) is 6.92 Å². The summed E-state index contributed by atoms with van der Waals surface area (Å²) < 4.78 is 82.8. The van der Waals surface area contributed by atoms with Crippen LogP contribution >= 0.6 is 0 Å². The van der Waals surface area contributed by atoms with E-state index in [9.17, 15) is 45.9 Å². The minimum Gasteiger partial charge on any atom is -0.488 e. The highest BCUT2D eigenvalue weighted by Crippen LogP contribution is 2.48. The Morgan fingerprint density at radius 1 is 1.12 bits per heavy atom. The molecule has 1 aromatic heterocycles. The number of allylic oxidation sites excluding steroid dienone is 1. The lowest BCUT2D eigenvalue weighted by Gasteiger charge is -2.45. The monoisotopic (exact) mass is 822 g/mol. The summed E-state index contributed by atoms with van der Waals surface area (Å²) in [5.41, 5.74) is -3.83. The van der Waals surface area contributed by atoms with Gasteiger partial charge in [-0.05, 0) is 83.3 Å². The van der Waals surface area contributed by atoms with Crippen LogP contribution in [0.4, 0.5) is 18.0 Å². The highest BCUT2D eigenvalue weighted by atomic mass is 32.2. The zero-order valence-corrected chi connectivity index (χ0v) is 33.4. The average molecular weight is 823 g/mol. The summed E-state index contributed by atoms with van der Waals surface area (Å²) in [6, 6.07) is 1.43. The molecule has 3 heterocycles. The molecule has 2 aromatic rings. The Kier molecular flexibility index (Phi) is 11.0. The molecule has 0 spiro atoms. The summed E-state index contributed by atoms with van der Waals surface area (Å²) in [6.07, 6.45) is -1.35. The molecule has 2 aliphatic heterocycles. The van der Waals surface area contributed by atoms with Crippen molar-refractivity contribution >= 4 is 44.9 Å². The van der Waals surface area contributed by atoms with Crippen molar-refractivity contribution in [3.8, 4) is 11.6 Å². The van der Waals surface area contributed by atoms with Gasteiger partial charge in [-0.15, -0.1) is 0 Å². The Labute approximate surface area is 328 Å². The van der Waals surface area contributed by atoms with Gasteiger partial charge in [0.15, 0.2) is 0 Å². The largest absolute Gasteiger partial charge is 0.488 e. The minimum atomic E-state index is -5.09. The van der Waals surface area contributed by atoms with E-state index in [1.54, 1.807) is 30.4 Å². The third-order valence-electron chi connectivity index (χ3n) is 12.0. The van der Waals surface area contributed by atoms with Gasteiger partial charge < -0.3 is 24.8 Å². The minimum absolute atomic E-state index is 0.0528. The van der Waals surface area contributed by atoms with E-state index in [4.69, 9.17) is 9.47 Å². The van der Waals surface area contributed by atoms with Crippen LogP contribution in [0.1, 0.15) is 79.6 Å². The zero-order valence-electron chi connectivity index (χ0n) is 32.6. The second-order valence-electron chi connectivity index (χ2n) is 16.7. The lowest BCUT2D eigenvalue weighted by molar-refractivity contribution is -0.222. The fraction of sp³-hybridized carbons (Fsp3) is 0.632. The number of carboxylic acid groups (broad SMARTS) is 1. The van der Waals surface area contributed by atoms with Crippen LogP contribution in [-0.4, -0.2) is 111 Å². The number of benzene rings is 1. The average Bonchev–Trinajstić information content (AvgIpc) is 4.00. The van der Waals surface area contributed by atoms with Crippen molar-refractivity contribution in [2.24, 2.45) is 17.8 Å². The maximum atomic E-state index is 14.9. The molecule has 1 aromatic carbocycles. The van der Waals surface area contributed by atoms with Gasteiger partial charge in [0.2, 0.25) is 27.7 Å². The second kappa shape index (κ2) is 14.9. The number of aromatic nitrogens is 2. The van der Waals surface area contributed by atoms with Crippen LogP contribution in [-0.2, 0) is 24.4 Å². The van der Waals surface area contributed by atoms with Crippen molar-refractivity contribution in [1.82, 2.24) is 29.8 Å². The summed E-state index contributed by atoms with van der Waals surface area (Å²) in [5, 5.41) is 13.1. The van der Waals surface area contributed by atoms with Gasteiger partial charge in [-0.3, -0.25) is 24.0 Å². The molecule has 4 aliphatic rings. The highest BCUT2D eigenvalue weighted by Gasteiger charge is 2.64. The molecular formula is C38H49F3N6O9S. The number of halogens is 3. The van der Waals surface area contributed by atoms with Crippen molar-refractivity contribution in [1.29, 1.82) is 0 Å². The van der Waals surface area contributed by atoms with E-state index in [0.717, 1.165) is 4.90 Å². The number of fused-ring (bicyclic) bond motifs is 3. The first-order valence-electron chi connectivity index (χ1n) is 19.0. The molecule has 3 N–H and O–H groups in total. The molecule has 19 heteroatoms. The Hall–Kier alpha value is -4.68. The Morgan fingerprint density at radius 3 is 2.46 bits per heavy atom. The second-order valence-corrected chi connectivity index (χ2v) is 18.9. The van der Waals surface area contributed by atoms with Crippen LogP contribution in [0, 0.1) is 17.8 Å². The number of carbonyl (C=O) groups excluding carboxylic acids is 3. The molecule has 0 unspecified atom stereocenters. The maximum Gasteiger partial charge on any atom is 0.411 e. The lowest BCUT2D eigenvalue weighted by atomic mass is 9.85. The molecule has 2 saturated carbocycles. The molecule has 7 atom stereocenters. The van der Waals surface area contributed by atoms with Gasteiger partial charge in [0.1, 0.15) is 35.0 Å². The number of hydrogen-bond donors (Lipinski definition) is 3. The van der Waals surface area contributed by atoms with Gasteiger partial charge in [-0.25, -0.2) is 23.2 Å². The normalized spacial score (nSPS) is 29.8. The number of rotatable bonds is 8. The third kappa shape index (κ3) is 8.08. The number of ether oxygens (including phenoxy) is 2.